The van der Waals surface area contributed by atoms with Gasteiger partial charge < -0.3 is 15.4 Å². The van der Waals surface area contributed by atoms with Crippen LogP contribution in [0.5, 0.6) is 0 Å². The summed E-state index contributed by atoms with van der Waals surface area (Å²) < 4.78 is 31.9. The Labute approximate surface area is 158 Å². The van der Waals surface area contributed by atoms with E-state index in [9.17, 15) is 18.4 Å². The Kier molecular flexibility index (Phi) is 5.54. The fourth-order valence-electron chi connectivity index (χ4n) is 2.30. The van der Waals surface area contributed by atoms with Gasteiger partial charge in [-0.25, -0.2) is 13.6 Å². The molecule has 0 aliphatic carbocycles. The molecule has 9 heteroatoms. The Balaban J connectivity index is 1.71. The number of carbonyl (C=O) groups excluding carboxylic acids is 2. The van der Waals surface area contributed by atoms with Crippen LogP contribution in [0.2, 0.25) is 0 Å². The van der Waals surface area contributed by atoms with Crippen molar-refractivity contribution in [2.45, 2.75) is 0 Å². The minimum Gasteiger partial charge on any atom is -0.465 e. The number of hydrogen-bond donors (Lipinski definition) is 2. The molecule has 0 spiro atoms. The summed E-state index contributed by atoms with van der Waals surface area (Å²) in [5, 5.41) is 12.5. The van der Waals surface area contributed by atoms with E-state index >= 15 is 0 Å². The van der Waals surface area contributed by atoms with E-state index < -0.39 is 23.5 Å². The zero-order valence-electron chi connectivity index (χ0n) is 14.6. The molecular weight excluding hydrogens is 370 g/mol. The van der Waals surface area contributed by atoms with Gasteiger partial charge in [-0.15, -0.1) is 10.2 Å². The first-order valence-corrected chi connectivity index (χ1v) is 8.02. The normalized spacial score (nSPS) is 10.2. The molecule has 0 aliphatic rings. The predicted molar refractivity (Wildman–Crippen MR) is 97.4 cm³/mol. The molecular formula is C19H14F2N4O3. The maximum atomic E-state index is 13.7. The molecule has 28 heavy (non-hydrogen) atoms. The van der Waals surface area contributed by atoms with Crippen molar-refractivity contribution in [3.63, 3.8) is 0 Å². The van der Waals surface area contributed by atoms with E-state index in [2.05, 4.69) is 25.6 Å². The first-order valence-electron chi connectivity index (χ1n) is 8.02. The molecule has 0 radical (unpaired) electrons. The molecule has 0 bridgehead atoms. The number of nitrogens with one attached hydrogen (secondary N) is 2. The second-order valence-corrected chi connectivity index (χ2v) is 5.55. The van der Waals surface area contributed by atoms with Crippen molar-refractivity contribution in [2.75, 3.05) is 17.7 Å². The number of nitrogens with zero attached hydrogens (tertiary/aromatic N) is 2. The second kappa shape index (κ2) is 8.21. The van der Waals surface area contributed by atoms with Crippen molar-refractivity contribution in [1.29, 1.82) is 0 Å². The van der Waals surface area contributed by atoms with Crippen LogP contribution in [0.25, 0.3) is 0 Å². The Hall–Kier alpha value is -3.88. The van der Waals surface area contributed by atoms with E-state index in [1.54, 1.807) is 18.2 Å². The van der Waals surface area contributed by atoms with Gasteiger partial charge in [-0.05, 0) is 42.5 Å². The van der Waals surface area contributed by atoms with Gasteiger partial charge in [0.25, 0.3) is 5.91 Å². The number of carbonyl (C=O) groups is 2. The van der Waals surface area contributed by atoms with Gasteiger partial charge in [0, 0.05) is 5.69 Å². The zero-order chi connectivity index (χ0) is 20.1. The Morgan fingerprint density at radius 1 is 0.964 bits per heavy atom. The molecule has 0 saturated carbocycles. The number of aromatic nitrogens is 2. The number of rotatable bonds is 5. The van der Waals surface area contributed by atoms with Crippen molar-refractivity contribution in [3.05, 3.63) is 77.5 Å². The molecule has 3 aromatic rings. The lowest BCUT2D eigenvalue weighted by atomic mass is 10.2. The summed E-state index contributed by atoms with van der Waals surface area (Å²) in [5.74, 6) is -2.61. The number of ether oxygens (including phenoxy) is 1. The van der Waals surface area contributed by atoms with Gasteiger partial charge >= 0.3 is 5.97 Å². The van der Waals surface area contributed by atoms with Crippen LogP contribution >= 0.6 is 0 Å². The third-order valence-corrected chi connectivity index (χ3v) is 3.65. The van der Waals surface area contributed by atoms with Crippen LogP contribution in [-0.4, -0.2) is 29.2 Å². The number of methoxy groups -OCH3 is 1. The first-order chi connectivity index (χ1) is 13.5. The summed E-state index contributed by atoms with van der Waals surface area (Å²) >= 11 is 0. The van der Waals surface area contributed by atoms with Gasteiger partial charge in [0.15, 0.2) is 11.5 Å². The summed E-state index contributed by atoms with van der Waals surface area (Å²) in [7, 11) is 1.26. The van der Waals surface area contributed by atoms with Crippen molar-refractivity contribution in [3.8, 4) is 0 Å². The first kappa shape index (κ1) is 18.9. The highest BCUT2D eigenvalue weighted by molar-refractivity contribution is 6.03. The average Bonchev–Trinajstić information content (AvgIpc) is 2.71. The third kappa shape index (κ3) is 4.26. The molecule has 2 N–H and O–H groups in total. The summed E-state index contributed by atoms with van der Waals surface area (Å²) in [6, 6.07) is 12.3. The third-order valence-electron chi connectivity index (χ3n) is 3.65. The summed E-state index contributed by atoms with van der Waals surface area (Å²) in [6.45, 7) is 0. The molecule has 2 aromatic carbocycles. The lowest BCUT2D eigenvalue weighted by Crippen LogP contribution is -2.15. The maximum Gasteiger partial charge on any atom is 0.337 e. The number of halogens is 2. The average molecular weight is 384 g/mol. The molecule has 0 unspecified atom stereocenters. The Morgan fingerprint density at radius 2 is 1.68 bits per heavy atom. The predicted octanol–water partition coefficient (Wildman–Crippen LogP) is 3.54. The standard InChI is InChI=1S/C19H14F2N4O3/c1-28-19(27)11-4-2-5-12(10-11)22-18(26)15-8-9-16(25-24-15)23-17-13(20)6-3-7-14(17)21/h2-10H,1H3,(H,22,26)(H,23,25). The van der Waals surface area contributed by atoms with Gasteiger partial charge in [0.2, 0.25) is 0 Å². The summed E-state index contributed by atoms with van der Waals surface area (Å²) in [6.07, 6.45) is 0. The highest BCUT2D eigenvalue weighted by Gasteiger charge is 2.13. The van der Waals surface area contributed by atoms with Gasteiger partial charge in [-0.1, -0.05) is 12.1 Å². The second-order valence-electron chi connectivity index (χ2n) is 5.55. The summed E-state index contributed by atoms with van der Waals surface area (Å²) in [4.78, 5) is 23.8. The van der Waals surface area contributed by atoms with E-state index in [0.717, 1.165) is 12.1 Å². The largest absolute Gasteiger partial charge is 0.465 e. The van der Waals surface area contributed by atoms with Crippen LogP contribution in [0.4, 0.5) is 26.0 Å². The SMILES string of the molecule is COC(=O)c1cccc(NC(=O)c2ccc(Nc3c(F)cccc3F)nn2)c1. The number of anilines is 3. The van der Waals surface area contributed by atoms with Gasteiger partial charge in [0.05, 0.1) is 12.7 Å². The highest BCUT2D eigenvalue weighted by atomic mass is 19.1. The van der Waals surface area contributed by atoms with Crippen LogP contribution in [0, 0.1) is 11.6 Å². The van der Waals surface area contributed by atoms with Gasteiger partial charge in [0.1, 0.15) is 17.3 Å². The van der Waals surface area contributed by atoms with E-state index in [4.69, 9.17) is 0 Å². The minimum absolute atomic E-state index is 0.0250. The molecule has 3 rings (SSSR count). The Morgan fingerprint density at radius 3 is 2.32 bits per heavy atom. The van der Waals surface area contributed by atoms with E-state index in [1.807, 2.05) is 0 Å². The van der Waals surface area contributed by atoms with Gasteiger partial charge in [-0.3, -0.25) is 4.79 Å². The Bertz CT molecular complexity index is 1010. The zero-order valence-corrected chi connectivity index (χ0v) is 14.6. The fraction of sp³-hybridized carbons (Fsp3) is 0.0526. The molecule has 1 heterocycles. The van der Waals surface area contributed by atoms with E-state index in [0.29, 0.717) is 5.69 Å². The van der Waals surface area contributed by atoms with Crippen molar-refractivity contribution in [1.82, 2.24) is 10.2 Å². The number of amides is 1. The van der Waals surface area contributed by atoms with Crippen LogP contribution in [-0.2, 0) is 4.74 Å². The summed E-state index contributed by atoms with van der Waals surface area (Å²) in [5.41, 5.74) is 0.250. The number of hydrogen-bond acceptors (Lipinski definition) is 6. The van der Waals surface area contributed by atoms with Crippen LogP contribution in [0.15, 0.2) is 54.6 Å². The van der Waals surface area contributed by atoms with E-state index in [1.165, 1.54) is 31.4 Å². The fourth-order valence-corrected chi connectivity index (χ4v) is 2.30. The number of esters is 1. The molecule has 0 saturated heterocycles. The topological polar surface area (TPSA) is 93.2 Å². The van der Waals surface area contributed by atoms with Crippen molar-refractivity contribution < 1.29 is 23.1 Å². The van der Waals surface area contributed by atoms with E-state index in [-0.39, 0.29) is 22.8 Å². The van der Waals surface area contributed by atoms with Gasteiger partial charge in [-0.2, -0.15) is 0 Å². The highest BCUT2D eigenvalue weighted by Crippen LogP contribution is 2.21. The smallest absolute Gasteiger partial charge is 0.337 e. The molecule has 142 valence electrons. The van der Waals surface area contributed by atoms with Crippen molar-refractivity contribution >= 4 is 29.1 Å². The van der Waals surface area contributed by atoms with Crippen LogP contribution in [0.3, 0.4) is 0 Å². The molecule has 0 fully saturated rings. The lowest BCUT2D eigenvalue weighted by molar-refractivity contribution is 0.0600. The van der Waals surface area contributed by atoms with Crippen LogP contribution < -0.4 is 10.6 Å². The monoisotopic (exact) mass is 384 g/mol. The molecule has 1 aromatic heterocycles. The molecule has 7 nitrogen and oxygen atoms in total. The molecule has 0 aliphatic heterocycles. The minimum atomic E-state index is -0.783. The maximum absolute atomic E-state index is 13.7. The van der Waals surface area contributed by atoms with Crippen molar-refractivity contribution in [2.24, 2.45) is 0 Å². The van der Waals surface area contributed by atoms with Crippen LogP contribution in [0.1, 0.15) is 20.8 Å². The molecule has 0 atom stereocenters. The number of para-hydroxylation sites is 1. The number of benzene rings is 2. The molecule has 1 amide bonds. The lowest BCUT2D eigenvalue weighted by Gasteiger charge is -2.08. The quantitative estimate of drug-likeness (QED) is 0.654.